The number of hydrogen-bond acceptors (Lipinski definition) is 1. The first-order valence-corrected chi connectivity index (χ1v) is 9.69. The van der Waals surface area contributed by atoms with Crippen molar-refractivity contribution in [3.05, 3.63) is 58.7 Å². The van der Waals surface area contributed by atoms with Crippen LogP contribution < -0.4 is 10.6 Å². The molecule has 0 bridgehead atoms. The maximum atomic E-state index is 6.98. The third-order valence-electron chi connectivity index (χ3n) is 3.47. The molecule has 0 aliphatic carbocycles. The molecule has 0 atom stereocenters. The molecular formula is C17H22ClOP. The Morgan fingerprint density at radius 2 is 1.00 bits per heavy atom. The first-order valence-electron chi connectivity index (χ1n) is 6.77. The van der Waals surface area contributed by atoms with Crippen LogP contribution >= 0.6 is 18.1 Å². The van der Waals surface area contributed by atoms with Crippen molar-refractivity contribution >= 4 is 28.7 Å². The Balaban J connectivity index is 2.63. The van der Waals surface area contributed by atoms with E-state index in [2.05, 4.69) is 64.1 Å². The molecule has 0 aliphatic heterocycles. The van der Waals surface area contributed by atoms with Crippen LogP contribution in [0.15, 0.2) is 36.4 Å². The molecular weight excluding hydrogens is 287 g/mol. The molecule has 0 unspecified atom stereocenters. The van der Waals surface area contributed by atoms with Gasteiger partial charge in [-0.15, -0.1) is 0 Å². The molecule has 0 aliphatic rings. The summed E-state index contributed by atoms with van der Waals surface area (Å²) < 4.78 is 5.83. The molecule has 20 heavy (non-hydrogen) atoms. The van der Waals surface area contributed by atoms with Gasteiger partial charge in [-0.1, -0.05) is 0 Å². The SMILES string of the molecule is CO[PH](Cl)(c1cc(C)cc(C)c1)c1cc(C)cc(C)c1. The Kier molecular flexibility index (Phi) is 4.54. The number of halogens is 1. The predicted molar refractivity (Wildman–Crippen MR) is 92.3 cm³/mol. The van der Waals surface area contributed by atoms with Crippen molar-refractivity contribution in [3.8, 4) is 0 Å². The third kappa shape index (κ3) is 3.06. The summed E-state index contributed by atoms with van der Waals surface area (Å²) in [6.07, 6.45) is 0. The fourth-order valence-electron chi connectivity index (χ4n) is 2.72. The summed E-state index contributed by atoms with van der Waals surface area (Å²) in [6, 6.07) is 12.9. The standard InChI is InChI=1S/C17H22ClOP/c1-12-6-13(2)9-16(8-12)20(18,19-5)17-10-14(3)7-15(4)11-17/h6-11,20H,1-5H3. The second-order valence-electron chi connectivity index (χ2n) is 5.55. The summed E-state index contributed by atoms with van der Waals surface area (Å²) in [7, 11) is 1.72. The first kappa shape index (κ1) is 15.5. The zero-order valence-corrected chi connectivity index (χ0v) is 14.5. The Labute approximate surface area is 127 Å². The molecule has 0 aromatic heterocycles. The van der Waals surface area contributed by atoms with E-state index in [0.29, 0.717) is 0 Å². The molecule has 3 heteroatoms. The molecule has 0 heterocycles. The zero-order chi connectivity index (χ0) is 14.9. The fraction of sp³-hybridized carbons (Fsp3) is 0.294. The molecule has 0 amide bonds. The molecule has 0 spiro atoms. The van der Waals surface area contributed by atoms with Gasteiger partial charge in [-0.3, -0.25) is 0 Å². The van der Waals surface area contributed by atoms with Gasteiger partial charge >= 0.3 is 127 Å². The minimum atomic E-state index is -2.63. The van der Waals surface area contributed by atoms with Gasteiger partial charge in [0.05, 0.1) is 0 Å². The molecule has 0 N–H and O–H groups in total. The van der Waals surface area contributed by atoms with Crippen molar-refractivity contribution in [2.45, 2.75) is 27.7 Å². The van der Waals surface area contributed by atoms with E-state index in [0.717, 1.165) is 10.6 Å². The minimum absolute atomic E-state index is 1.11. The van der Waals surface area contributed by atoms with E-state index >= 15 is 0 Å². The zero-order valence-electron chi connectivity index (χ0n) is 12.8. The van der Waals surface area contributed by atoms with E-state index in [-0.39, 0.29) is 0 Å². The average Bonchev–Trinajstić information content (AvgIpc) is 2.35. The van der Waals surface area contributed by atoms with Crippen molar-refractivity contribution in [1.82, 2.24) is 0 Å². The summed E-state index contributed by atoms with van der Waals surface area (Å²) in [5.74, 6) is 0. The van der Waals surface area contributed by atoms with Crippen LogP contribution in [-0.2, 0) is 4.52 Å². The Bertz CT molecular complexity index is 545. The van der Waals surface area contributed by atoms with Crippen LogP contribution in [0.3, 0.4) is 0 Å². The molecule has 0 saturated heterocycles. The van der Waals surface area contributed by atoms with Gasteiger partial charge < -0.3 is 0 Å². The maximum absolute atomic E-state index is 6.98. The number of rotatable bonds is 3. The van der Waals surface area contributed by atoms with Gasteiger partial charge in [-0.2, -0.15) is 0 Å². The predicted octanol–water partition coefficient (Wildman–Crippen LogP) is 4.34. The monoisotopic (exact) mass is 308 g/mol. The van der Waals surface area contributed by atoms with Gasteiger partial charge in [-0.25, -0.2) is 0 Å². The van der Waals surface area contributed by atoms with Crippen LogP contribution in [0.1, 0.15) is 22.3 Å². The molecule has 0 saturated carbocycles. The van der Waals surface area contributed by atoms with Crippen molar-refractivity contribution in [3.63, 3.8) is 0 Å². The Hall–Kier alpha value is -0.880. The van der Waals surface area contributed by atoms with Crippen LogP contribution in [0.25, 0.3) is 0 Å². The molecule has 2 aromatic rings. The molecule has 2 rings (SSSR count). The van der Waals surface area contributed by atoms with Crippen LogP contribution in [0.4, 0.5) is 0 Å². The average molecular weight is 309 g/mol. The van der Waals surface area contributed by atoms with E-state index in [1.165, 1.54) is 22.3 Å². The van der Waals surface area contributed by atoms with E-state index in [4.69, 9.17) is 15.8 Å². The fourth-order valence-corrected chi connectivity index (χ4v) is 5.84. The van der Waals surface area contributed by atoms with Gasteiger partial charge in [0.1, 0.15) is 0 Å². The van der Waals surface area contributed by atoms with Crippen LogP contribution in [0, 0.1) is 27.7 Å². The van der Waals surface area contributed by atoms with Crippen molar-refractivity contribution < 1.29 is 4.52 Å². The number of aryl methyl sites for hydroxylation is 4. The molecule has 108 valence electrons. The topological polar surface area (TPSA) is 9.23 Å². The second-order valence-corrected chi connectivity index (χ2v) is 9.90. The van der Waals surface area contributed by atoms with E-state index in [9.17, 15) is 0 Å². The second kappa shape index (κ2) is 5.85. The first-order chi connectivity index (χ1) is 9.35. The van der Waals surface area contributed by atoms with Gasteiger partial charge in [0.15, 0.2) is 0 Å². The van der Waals surface area contributed by atoms with Gasteiger partial charge in [0, 0.05) is 0 Å². The van der Waals surface area contributed by atoms with Crippen molar-refractivity contribution in [2.24, 2.45) is 0 Å². The Morgan fingerprint density at radius 1 is 0.700 bits per heavy atom. The van der Waals surface area contributed by atoms with E-state index < -0.39 is 6.84 Å². The van der Waals surface area contributed by atoms with E-state index in [1.807, 2.05) is 0 Å². The van der Waals surface area contributed by atoms with Crippen LogP contribution in [-0.4, -0.2) is 7.11 Å². The van der Waals surface area contributed by atoms with E-state index in [1.54, 1.807) is 7.11 Å². The molecule has 2 aromatic carbocycles. The summed E-state index contributed by atoms with van der Waals surface area (Å²) in [4.78, 5) is 0. The number of benzene rings is 2. The van der Waals surface area contributed by atoms with Crippen molar-refractivity contribution in [2.75, 3.05) is 7.11 Å². The third-order valence-corrected chi connectivity index (χ3v) is 7.86. The summed E-state index contributed by atoms with van der Waals surface area (Å²) in [5.41, 5.74) is 4.89. The Morgan fingerprint density at radius 3 is 1.25 bits per heavy atom. The quantitative estimate of drug-likeness (QED) is 0.767. The summed E-state index contributed by atoms with van der Waals surface area (Å²) >= 11 is 6.98. The normalized spacial score (nSPS) is 12.5. The summed E-state index contributed by atoms with van der Waals surface area (Å²) in [5, 5.41) is 2.23. The van der Waals surface area contributed by atoms with Crippen LogP contribution in [0.5, 0.6) is 0 Å². The molecule has 1 nitrogen and oxygen atoms in total. The van der Waals surface area contributed by atoms with Gasteiger partial charge in [-0.05, 0) is 0 Å². The van der Waals surface area contributed by atoms with Gasteiger partial charge in [0.25, 0.3) is 0 Å². The van der Waals surface area contributed by atoms with Crippen LogP contribution in [0.2, 0.25) is 0 Å². The summed E-state index contributed by atoms with van der Waals surface area (Å²) in [6.45, 7) is 5.76. The molecule has 0 radical (unpaired) electrons. The number of hydrogen-bond donors (Lipinski definition) is 0. The van der Waals surface area contributed by atoms with Crippen molar-refractivity contribution in [1.29, 1.82) is 0 Å². The molecule has 0 fully saturated rings. The van der Waals surface area contributed by atoms with Gasteiger partial charge in [0.2, 0.25) is 0 Å².